The lowest BCUT2D eigenvalue weighted by Gasteiger charge is -2.16. The highest BCUT2D eigenvalue weighted by Gasteiger charge is 2.22. The van der Waals surface area contributed by atoms with Crippen LogP contribution in [-0.2, 0) is 19.3 Å². The third kappa shape index (κ3) is 3.31. The average Bonchev–Trinajstić information content (AvgIpc) is 2.98. The van der Waals surface area contributed by atoms with Crippen molar-refractivity contribution >= 4 is 5.78 Å². The number of hydrogen-bond donors (Lipinski definition) is 0. The molecular formula is C19H28O. The average molecular weight is 272 g/mol. The van der Waals surface area contributed by atoms with Gasteiger partial charge < -0.3 is 0 Å². The van der Waals surface area contributed by atoms with E-state index in [2.05, 4.69) is 32.9 Å². The molecule has 0 N–H and O–H groups in total. The van der Waals surface area contributed by atoms with Gasteiger partial charge >= 0.3 is 0 Å². The first-order chi connectivity index (χ1) is 9.69. The summed E-state index contributed by atoms with van der Waals surface area (Å²) >= 11 is 0. The summed E-state index contributed by atoms with van der Waals surface area (Å²) < 4.78 is 0. The first-order valence-corrected chi connectivity index (χ1v) is 8.37. The summed E-state index contributed by atoms with van der Waals surface area (Å²) in [5, 5.41) is 0. The third-order valence-corrected chi connectivity index (χ3v) is 4.76. The molecule has 0 atom stereocenters. The largest absolute Gasteiger partial charge is 0.294 e. The van der Waals surface area contributed by atoms with Crippen molar-refractivity contribution in [3.8, 4) is 0 Å². The quantitative estimate of drug-likeness (QED) is 0.655. The zero-order valence-electron chi connectivity index (χ0n) is 13.3. The second-order valence-electron chi connectivity index (χ2n) is 6.13. The van der Waals surface area contributed by atoms with E-state index >= 15 is 0 Å². The van der Waals surface area contributed by atoms with E-state index in [9.17, 15) is 4.79 Å². The van der Waals surface area contributed by atoms with Gasteiger partial charge in [0.25, 0.3) is 0 Å². The highest BCUT2D eigenvalue weighted by atomic mass is 16.1. The fourth-order valence-corrected chi connectivity index (χ4v) is 3.54. The lowest BCUT2D eigenvalue weighted by atomic mass is 9.87. The predicted molar refractivity (Wildman–Crippen MR) is 85.5 cm³/mol. The Morgan fingerprint density at radius 1 is 1.00 bits per heavy atom. The second-order valence-corrected chi connectivity index (χ2v) is 6.13. The molecule has 0 unspecified atom stereocenters. The van der Waals surface area contributed by atoms with Crippen molar-refractivity contribution in [2.75, 3.05) is 0 Å². The monoisotopic (exact) mass is 272 g/mol. The molecule has 0 heterocycles. The Labute approximate surface area is 123 Å². The van der Waals surface area contributed by atoms with Crippen LogP contribution in [0.25, 0.3) is 0 Å². The minimum absolute atomic E-state index is 0.397. The van der Waals surface area contributed by atoms with Gasteiger partial charge in [-0.2, -0.15) is 0 Å². The van der Waals surface area contributed by atoms with Gasteiger partial charge in [0.15, 0.2) is 5.78 Å². The van der Waals surface area contributed by atoms with Crippen molar-refractivity contribution in [2.24, 2.45) is 5.92 Å². The normalized spacial score (nSPS) is 15.8. The summed E-state index contributed by atoms with van der Waals surface area (Å²) in [6.45, 7) is 6.52. The molecule has 1 fully saturated rings. The molecule has 1 heteroatoms. The van der Waals surface area contributed by atoms with E-state index < -0.39 is 0 Å². The van der Waals surface area contributed by atoms with E-state index in [1.165, 1.54) is 42.4 Å². The van der Waals surface area contributed by atoms with Crippen LogP contribution in [0, 0.1) is 5.92 Å². The van der Waals surface area contributed by atoms with Crippen LogP contribution in [-0.4, -0.2) is 5.78 Å². The highest BCUT2D eigenvalue weighted by Crippen LogP contribution is 2.30. The molecular weight excluding hydrogens is 244 g/mol. The Bertz CT molecular complexity index is 442. The van der Waals surface area contributed by atoms with Crippen LogP contribution in [0.2, 0.25) is 0 Å². The van der Waals surface area contributed by atoms with Gasteiger partial charge in [-0.1, -0.05) is 58.6 Å². The van der Waals surface area contributed by atoms with Gasteiger partial charge in [-0.3, -0.25) is 4.79 Å². The minimum Gasteiger partial charge on any atom is -0.294 e. The Morgan fingerprint density at radius 2 is 1.55 bits per heavy atom. The van der Waals surface area contributed by atoms with E-state index in [1.807, 2.05) is 0 Å². The first kappa shape index (κ1) is 15.3. The molecule has 20 heavy (non-hydrogen) atoms. The number of Topliss-reactive ketones (excluding diaryl/α,β-unsaturated/α-hetero) is 1. The maximum Gasteiger partial charge on any atom is 0.163 e. The van der Waals surface area contributed by atoms with Crippen LogP contribution in [0.15, 0.2) is 12.1 Å². The van der Waals surface area contributed by atoms with E-state index in [1.54, 1.807) is 0 Å². The van der Waals surface area contributed by atoms with Crippen LogP contribution in [0.3, 0.4) is 0 Å². The summed E-state index contributed by atoms with van der Waals surface area (Å²) in [7, 11) is 0. The molecule has 1 aromatic carbocycles. The third-order valence-electron chi connectivity index (χ3n) is 4.76. The summed E-state index contributed by atoms with van der Waals surface area (Å²) in [6, 6.07) is 4.50. The van der Waals surface area contributed by atoms with Crippen molar-refractivity contribution in [2.45, 2.75) is 72.1 Å². The van der Waals surface area contributed by atoms with Gasteiger partial charge in [-0.05, 0) is 41.9 Å². The standard InChI is InChI=1S/C19H28O/c1-4-14-11-16(5-2)19(17(6-3)12-14)18(20)13-15-9-7-8-10-15/h11-12,15H,4-10,13H2,1-3H3. The Kier molecular flexibility index (Phi) is 5.39. The van der Waals surface area contributed by atoms with Gasteiger partial charge in [-0.15, -0.1) is 0 Å². The van der Waals surface area contributed by atoms with Crippen LogP contribution in [0.4, 0.5) is 0 Å². The summed E-state index contributed by atoms with van der Waals surface area (Å²) in [6.07, 6.45) is 8.88. The topological polar surface area (TPSA) is 17.1 Å². The number of aryl methyl sites for hydroxylation is 3. The van der Waals surface area contributed by atoms with Crippen LogP contribution in [0.5, 0.6) is 0 Å². The molecule has 0 amide bonds. The summed E-state index contributed by atoms with van der Waals surface area (Å²) in [5.74, 6) is 1.04. The van der Waals surface area contributed by atoms with E-state index in [0.29, 0.717) is 11.7 Å². The smallest absolute Gasteiger partial charge is 0.163 e. The maximum atomic E-state index is 12.8. The number of rotatable bonds is 6. The van der Waals surface area contributed by atoms with Gasteiger partial charge in [-0.25, -0.2) is 0 Å². The van der Waals surface area contributed by atoms with Crippen molar-refractivity contribution in [1.29, 1.82) is 0 Å². The summed E-state index contributed by atoms with van der Waals surface area (Å²) in [4.78, 5) is 12.8. The number of hydrogen-bond acceptors (Lipinski definition) is 1. The molecule has 2 rings (SSSR count). The van der Waals surface area contributed by atoms with E-state index in [4.69, 9.17) is 0 Å². The van der Waals surface area contributed by atoms with Crippen LogP contribution < -0.4 is 0 Å². The Balaban J connectivity index is 2.29. The van der Waals surface area contributed by atoms with Gasteiger partial charge in [0.1, 0.15) is 0 Å². The highest BCUT2D eigenvalue weighted by molar-refractivity contribution is 5.99. The second kappa shape index (κ2) is 7.06. The maximum absolute atomic E-state index is 12.8. The zero-order valence-corrected chi connectivity index (χ0v) is 13.3. The molecule has 0 saturated heterocycles. The predicted octanol–water partition coefficient (Wildman–Crippen LogP) is 5.14. The SMILES string of the molecule is CCc1cc(CC)c(C(=O)CC2CCCC2)c(CC)c1. The number of carbonyl (C=O) groups excluding carboxylic acids is 1. The van der Waals surface area contributed by atoms with E-state index in [0.717, 1.165) is 31.2 Å². The van der Waals surface area contributed by atoms with Gasteiger partial charge in [0.2, 0.25) is 0 Å². The molecule has 0 radical (unpaired) electrons. The minimum atomic E-state index is 0.397. The molecule has 1 aromatic rings. The van der Waals surface area contributed by atoms with Crippen molar-refractivity contribution in [3.05, 3.63) is 34.4 Å². The lowest BCUT2D eigenvalue weighted by Crippen LogP contribution is -2.12. The molecule has 0 spiro atoms. The molecule has 1 saturated carbocycles. The molecule has 1 aliphatic carbocycles. The van der Waals surface area contributed by atoms with Crippen LogP contribution >= 0.6 is 0 Å². The lowest BCUT2D eigenvalue weighted by molar-refractivity contribution is 0.0960. The molecule has 0 aliphatic heterocycles. The van der Waals surface area contributed by atoms with Crippen LogP contribution in [0.1, 0.15) is 79.9 Å². The number of ketones is 1. The Hall–Kier alpha value is -1.11. The number of carbonyl (C=O) groups is 1. The fourth-order valence-electron chi connectivity index (χ4n) is 3.54. The zero-order chi connectivity index (χ0) is 14.5. The molecule has 0 aromatic heterocycles. The molecule has 1 nitrogen and oxygen atoms in total. The fraction of sp³-hybridized carbons (Fsp3) is 0.632. The Morgan fingerprint density at radius 3 is 2.00 bits per heavy atom. The molecule has 110 valence electrons. The van der Waals surface area contributed by atoms with Gasteiger partial charge in [0.05, 0.1) is 0 Å². The molecule has 1 aliphatic rings. The molecule has 0 bridgehead atoms. The van der Waals surface area contributed by atoms with Crippen molar-refractivity contribution in [1.82, 2.24) is 0 Å². The van der Waals surface area contributed by atoms with Crippen molar-refractivity contribution in [3.63, 3.8) is 0 Å². The first-order valence-electron chi connectivity index (χ1n) is 8.37. The van der Waals surface area contributed by atoms with Gasteiger partial charge in [0, 0.05) is 12.0 Å². The summed E-state index contributed by atoms with van der Waals surface area (Å²) in [5.41, 5.74) is 4.96. The van der Waals surface area contributed by atoms with E-state index in [-0.39, 0.29) is 0 Å². The van der Waals surface area contributed by atoms with Crippen molar-refractivity contribution < 1.29 is 4.79 Å². The number of benzene rings is 1.